The summed E-state index contributed by atoms with van der Waals surface area (Å²) in [4.78, 5) is 0. The lowest BCUT2D eigenvalue weighted by Gasteiger charge is -2.40. The minimum atomic E-state index is -0.628. The molecule has 0 bridgehead atoms. The Bertz CT molecular complexity index is 1430. The van der Waals surface area contributed by atoms with Gasteiger partial charge in [0, 0.05) is 6.61 Å². The predicted octanol–water partition coefficient (Wildman–Crippen LogP) is 7.58. The molecule has 0 spiro atoms. The van der Waals surface area contributed by atoms with E-state index in [1.54, 1.807) is 0 Å². The Kier molecular flexibility index (Phi) is 5.17. The summed E-state index contributed by atoms with van der Waals surface area (Å²) < 4.78 is 5.62. The van der Waals surface area contributed by atoms with Crippen LogP contribution in [0.1, 0.15) is 16.7 Å². The summed E-state index contributed by atoms with van der Waals surface area (Å²) in [6.07, 6.45) is 0. The fourth-order valence-electron chi connectivity index (χ4n) is 5.59. The molecule has 0 saturated heterocycles. The molecule has 0 unspecified atom stereocenters. The Morgan fingerprint density at radius 1 is 0.441 bits per heavy atom. The zero-order valence-corrected chi connectivity index (χ0v) is 18.8. The maximum absolute atomic E-state index is 5.96. The van der Waals surface area contributed by atoms with Crippen LogP contribution in [-0.4, -0.2) is 14.7 Å². The Hall–Kier alpha value is -3.88. The summed E-state index contributed by atoms with van der Waals surface area (Å²) in [5.74, 6) is 0. The van der Waals surface area contributed by atoms with Gasteiger partial charge < -0.3 is 12.7 Å². The minimum absolute atomic E-state index is 0.309. The smallest absolute Gasteiger partial charge is 0.0658 e. The summed E-state index contributed by atoms with van der Waals surface area (Å²) in [5, 5.41) is 7.18. The number of hydrogen-bond donors (Lipinski definition) is 0. The van der Waals surface area contributed by atoms with E-state index in [0.717, 1.165) is 0 Å². The van der Waals surface area contributed by atoms with Crippen molar-refractivity contribution in [1.82, 2.24) is 0 Å². The van der Waals surface area contributed by atoms with Crippen molar-refractivity contribution in [2.24, 2.45) is 0 Å². The SMILES string of the molecule is [B-]OCC(c1cccc2ccccc12)(c1cccc2ccccc12)c1cccc2ccccc12. The molecule has 1 nitrogen and oxygen atoms in total. The van der Waals surface area contributed by atoms with Crippen LogP contribution in [0.4, 0.5) is 0 Å². The van der Waals surface area contributed by atoms with Crippen LogP contribution in [0, 0.1) is 0 Å². The van der Waals surface area contributed by atoms with Crippen LogP contribution in [0.15, 0.2) is 127 Å². The summed E-state index contributed by atoms with van der Waals surface area (Å²) in [6, 6.07) is 45.3. The van der Waals surface area contributed by atoms with Crippen LogP contribution in [0.5, 0.6) is 0 Å². The molecule has 6 rings (SSSR count). The molecule has 0 amide bonds. The quantitative estimate of drug-likeness (QED) is 0.201. The van der Waals surface area contributed by atoms with E-state index in [1.807, 2.05) is 0 Å². The highest BCUT2D eigenvalue weighted by Gasteiger charge is 2.39. The van der Waals surface area contributed by atoms with E-state index < -0.39 is 5.41 Å². The van der Waals surface area contributed by atoms with Crippen LogP contribution in [-0.2, 0) is 10.1 Å². The molecule has 0 saturated carbocycles. The van der Waals surface area contributed by atoms with E-state index in [0.29, 0.717) is 6.61 Å². The average Bonchev–Trinajstić information content (AvgIpc) is 2.91. The van der Waals surface area contributed by atoms with Gasteiger partial charge in [-0.1, -0.05) is 127 Å². The molecule has 6 aromatic carbocycles. The van der Waals surface area contributed by atoms with Crippen LogP contribution < -0.4 is 0 Å². The second-order valence-electron chi connectivity index (χ2n) is 8.80. The summed E-state index contributed by atoms with van der Waals surface area (Å²) in [6.45, 7) is 0.309. The van der Waals surface area contributed by atoms with Gasteiger partial charge in [-0.15, -0.1) is 0 Å². The monoisotopic (exact) mass is 434 g/mol. The van der Waals surface area contributed by atoms with Gasteiger partial charge >= 0.3 is 0 Å². The summed E-state index contributed by atoms with van der Waals surface area (Å²) in [7, 11) is 5.96. The normalized spacial score (nSPS) is 11.9. The molecular formula is C32H23BO-. The largest absolute Gasteiger partial charge is 0.701 e. The van der Waals surface area contributed by atoms with Gasteiger partial charge in [-0.3, -0.25) is 0 Å². The van der Waals surface area contributed by atoms with Gasteiger partial charge in [-0.25, -0.2) is 0 Å². The Balaban J connectivity index is 1.84. The zero-order chi connectivity index (χ0) is 23.0. The van der Waals surface area contributed by atoms with Crippen LogP contribution in [0.25, 0.3) is 32.3 Å². The standard InChI is InChI=1S/C32H23BO/c33-34-22-32(29-19-7-13-23-10-1-4-16-26(23)29,30-20-8-14-24-11-2-5-17-27(24)30)31-21-9-15-25-12-3-6-18-28(25)31/h1-21H,22H2/q-1. The first kappa shape index (κ1) is 20.7. The van der Waals surface area contributed by atoms with E-state index in [4.69, 9.17) is 12.7 Å². The highest BCUT2D eigenvalue weighted by atomic mass is 16.4. The Morgan fingerprint density at radius 3 is 1.12 bits per heavy atom. The Morgan fingerprint density at radius 2 is 0.765 bits per heavy atom. The highest BCUT2D eigenvalue weighted by molar-refractivity contribution is 5.99. The fraction of sp³-hybridized carbons (Fsp3) is 0.0625. The average molecular weight is 434 g/mol. The summed E-state index contributed by atoms with van der Waals surface area (Å²) in [5.41, 5.74) is 2.92. The third kappa shape index (κ3) is 3.14. The maximum atomic E-state index is 5.96. The lowest BCUT2D eigenvalue weighted by atomic mass is 9.66. The van der Waals surface area contributed by atoms with Crippen molar-refractivity contribution < 1.29 is 4.65 Å². The van der Waals surface area contributed by atoms with E-state index in [-0.39, 0.29) is 0 Å². The second kappa shape index (κ2) is 8.48. The van der Waals surface area contributed by atoms with E-state index in [2.05, 4.69) is 127 Å². The van der Waals surface area contributed by atoms with Gasteiger partial charge in [0.25, 0.3) is 0 Å². The number of hydrogen-bond acceptors (Lipinski definition) is 1. The molecule has 0 fully saturated rings. The number of fused-ring (bicyclic) bond motifs is 3. The van der Waals surface area contributed by atoms with Crippen LogP contribution in [0.3, 0.4) is 0 Å². The zero-order valence-electron chi connectivity index (χ0n) is 18.8. The molecule has 0 aliphatic heterocycles. The fourth-order valence-corrected chi connectivity index (χ4v) is 5.59. The first-order valence-corrected chi connectivity index (χ1v) is 11.6. The molecule has 0 heterocycles. The molecule has 0 aliphatic carbocycles. The van der Waals surface area contributed by atoms with Gasteiger partial charge in [-0.05, 0) is 49.0 Å². The first-order valence-electron chi connectivity index (χ1n) is 11.6. The van der Waals surface area contributed by atoms with Crippen molar-refractivity contribution in [2.75, 3.05) is 6.61 Å². The van der Waals surface area contributed by atoms with Crippen LogP contribution >= 0.6 is 0 Å². The third-order valence-corrected chi connectivity index (χ3v) is 7.05. The highest BCUT2D eigenvalue weighted by Crippen LogP contribution is 2.47. The molecular weight excluding hydrogens is 411 g/mol. The van der Waals surface area contributed by atoms with E-state index in [9.17, 15) is 0 Å². The van der Waals surface area contributed by atoms with Crippen molar-refractivity contribution >= 4 is 40.4 Å². The molecule has 161 valence electrons. The van der Waals surface area contributed by atoms with Gasteiger partial charge in [-0.2, -0.15) is 0 Å². The number of benzene rings is 6. The molecule has 0 atom stereocenters. The lowest BCUT2D eigenvalue weighted by Crippen LogP contribution is -2.35. The lowest BCUT2D eigenvalue weighted by molar-refractivity contribution is 0.292. The molecule has 0 aromatic heterocycles. The van der Waals surface area contributed by atoms with Crippen molar-refractivity contribution in [3.05, 3.63) is 144 Å². The van der Waals surface area contributed by atoms with Crippen molar-refractivity contribution in [3.63, 3.8) is 0 Å². The van der Waals surface area contributed by atoms with Crippen molar-refractivity contribution in [1.29, 1.82) is 0 Å². The number of rotatable bonds is 5. The van der Waals surface area contributed by atoms with E-state index >= 15 is 0 Å². The molecule has 2 heteroatoms. The van der Waals surface area contributed by atoms with Gasteiger partial charge in [0.05, 0.1) is 5.41 Å². The maximum Gasteiger partial charge on any atom is 0.0658 e. The molecule has 3 radical (unpaired) electrons. The van der Waals surface area contributed by atoms with Crippen LogP contribution in [0.2, 0.25) is 0 Å². The predicted molar refractivity (Wildman–Crippen MR) is 143 cm³/mol. The third-order valence-electron chi connectivity index (χ3n) is 7.05. The van der Waals surface area contributed by atoms with Gasteiger partial charge in [0.15, 0.2) is 0 Å². The minimum Gasteiger partial charge on any atom is -0.701 e. The first-order chi connectivity index (χ1) is 16.8. The van der Waals surface area contributed by atoms with Gasteiger partial charge in [0.2, 0.25) is 0 Å². The van der Waals surface area contributed by atoms with Gasteiger partial charge in [0.1, 0.15) is 0 Å². The topological polar surface area (TPSA) is 9.23 Å². The second-order valence-corrected chi connectivity index (χ2v) is 8.80. The van der Waals surface area contributed by atoms with E-state index in [1.165, 1.54) is 49.0 Å². The van der Waals surface area contributed by atoms with Crippen molar-refractivity contribution in [2.45, 2.75) is 5.41 Å². The van der Waals surface area contributed by atoms with Crippen molar-refractivity contribution in [3.8, 4) is 0 Å². The molecule has 0 aliphatic rings. The Labute approximate surface area is 201 Å². The molecule has 6 aromatic rings. The summed E-state index contributed by atoms with van der Waals surface area (Å²) >= 11 is 0. The molecule has 34 heavy (non-hydrogen) atoms. The molecule has 0 N–H and O–H groups in total.